The van der Waals surface area contributed by atoms with Gasteiger partial charge in [0.1, 0.15) is 0 Å². The molecule has 2 N–H and O–H groups in total. The Morgan fingerprint density at radius 3 is 1.96 bits per heavy atom. The second-order valence-electron chi connectivity index (χ2n) is 9.92. The van der Waals surface area contributed by atoms with Gasteiger partial charge in [-0.2, -0.15) is 0 Å². The zero-order valence-electron chi connectivity index (χ0n) is 18.8. The fraction of sp³-hybridized carbons (Fsp3) is 0.692. The Hall–Kier alpha value is -1.44. The highest BCUT2D eigenvalue weighted by molar-refractivity contribution is 5.75. The predicted octanol–water partition coefficient (Wildman–Crippen LogP) is 7.36. The molecule has 0 amide bonds. The number of nitrogen functional groups attached to an aromatic ring is 1. The smallest absolute Gasteiger partial charge is 0.0465 e. The highest BCUT2D eigenvalue weighted by Crippen LogP contribution is 2.39. The van der Waals surface area contributed by atoms with E-state index < -0.39 is 0 Å². The fourth-order valence-corrected chi connectivity index (χ4v) is 5.35. The van der Waals surface area contributed by atoms with Crippen molar-refractivity contribution in [3.63, 3.8) is 0 Å². The first-order valence-corrected chi connectivity index (χ1v) is 11.8. The maximum absolute atomic E-state index is 6.62. The largest absolute Gasteiger partial charge is 0.398 e. The predicted molar refractivity (Wildman–Crippen MR) is 125 cm³/mol. The maximum Gasteiger partial charge on any atom is 0.0465 e. The number of hydrogen-bond acceptors (Lipinski definition) is 2. The van der Waals surface area contributed by atoms with Crippen molar-refractivity contribution in [3.05, 3.63) is 28.8 Å². The number of nitrogens with two attached hydrogens (primary N) is 1. The highest BCUT2D eigenvalue weighted by atomic mass is 15.2. The van der Waals surface area contributed by atoms with Gasteiger partial charge in [0.25, 0.3) is 0 Å². The van der Waals surface area contributed by atoms with Gasteiger partial charge in [0.05, 0.1) is 0 Å². The average molecular weight is 383 g/mol. The van der Waals surface area contributed by atoms with Crippen LogP contribution in [-0.2, 0) is 6.42 Å². The summed E-state index contributed by atoms with van der Waals surface area (Å²) in [5, 5.41) is 0. The van der Waals surface area contributed by atoms with E-state index in [1.165, 1.54) is 86.6 Å². The first kappa shape index (κ1) is 21.3. The lowest BCUT2D eigenvalue weighted by Gasteiger charge is -2.44. The van der Waals surface area contributed by atoms with E-state index in [2.05, 4.69) is 50.8 Å². The summed E-state index contributed by atoms with van der Waals surface area (Å²) in [5.74, 6) is 0.625. The van der Waals surface area contributed by atoms with Crippen molar-refractivity contribution in [3.8, 4) is 0 Å². The van der Waals surface area contributed by atoms with Gasteiger partial charge in [-0.25, -0.2) is 0 Å². The molecule has 1 aromatic rings. The van der Waals surface area contributed by atoms with Gasteiger partial charge in [0.2, 0.25) is 0 Å². The van der Waals surface area contributed by atoms with E-state index in [0.717, 1.165) is 12.1 Å². The SMILES string of the molecule is CC(C)=Cc1cc(CC(C)C)c(N)cc1N(C1CCCCC1)C1CCCCC1. The Bertz CT molecular complexity index is 639. The summed E-state index contributed by atoms with van der Waals surface area (Å²) < 4.78 is 0. The number of rotatable bonds is 6. The normalized spacial score (nSPS) is 19.0. The lowest BCUT2D eigenvalue weighted by atomic mass is 9.87. The van der Waals surface area contributed by atoms with Crippen molar-refractivity contribution in [1.82, 2.24) is 0 Å². The number of nitrogens with zero attached hydrogens (tertiary/aromatic N) is 1. The van der Waals surface area contributed by atoms with Gasteiger partial charge in [0, 0.05) is 23.5 Å². The van der Waals surface area contributed by atoms with Gasteiger partial charge < -0.3 is 10.6 Å². The topological polar surface area (TPSA) is 29.3 Å². The summed E-state index contributed by atoms with van der Waals surface area (Å²) in [6, 6.07) is 6.11. The average Bonchev–Trinajstić information content (AvgIpc) is 2.66. The fourth-order valence-electron chi connectivity index (χ4n) is 5.35. The van der Waals surface area contributed by atoms with Gasteiger partial charge in [-0.15, -0.1) is 0 Å². The van der Waals surface area contributed by atoms with Crippen LogP contribution in [0.15, 0.2) is 17.7 Å². The molecule has 3 rings (SSSR count). The van der Waals surface area contributed by atoms with E-state index >= 15 is 0 Å². The molecular formula is C26H42N2. The van der Waals surface area contributed by atoms with Gasteiger partial charge in [-0.3, -0.25) is 0 Å². The summed E-state index contributed by atoms with van der Waals surface area (Å²) in [5.41, 5.74) is 13.1. The summed E-state index contributed by atoms with van der Waals surface area (Å²) in [6.45, 7) is 9.00. The molecule has 1 aromatic carbocycles. The second kappa shape index (κ2) is 9.85. The van der Waals surface area contributed by atoms with Gasteiger partial charge in [-0.05, 0) is 75.1 Å². The minimum absolute atomic E-state index is 0.625. The van der Waals surface area contributed by atoms with Gasteiger partial charge in [-0.1, -0.05) is 64.0 Å². The standard InChI is InChI=1S/C26H42N2/c1-19(2)15-21-17-22(16-20(3)4)26(18-25(21)27)28(23-11-7-5-8-12-23)24-13-9-6-10-14-24/h16-19,23-24H,5-15,27H2,1-4H3. The molecule has 2 aliphatic carbocycles. The quantitative estimate of drug-likeness (QED) is 0.521. The third-order valence-electron chi connectivity index (χ3n) is 6.58. The summed E-state index contributed by atoms with van der Waals surface area (Å²) in [7, 11) is 0. The van der Waals surface area contributed by atoms with Crippen molar-refractivity contribution in [2.24, 2.45) is 5.92 Å². The van der Waals surface area contributed by atoms with Gasteiger partial charge >= 0.3 is 0 Å². The molecule has 2 fully saturated rings. The molecule has 2 aliphatic rings. The van der Waals surface area contributed by atoms with E-state index in [-0.39, 0.29) is 0 Å². The lowest BCUT2D eigenvalue weighted by molar-refractivity contribution is 0.340. The molecule has 0 atom stereocenters. The molecule has 2 heteroatoms. The lowest BCUT2D eigenvalue weighted by Crippen LogP contribution is -2.45. The van der Waals surface area contributed by atoms with E-state index in [4.69, 9.17) is 5.73 Å². The maximum atomic E-state index is 6.62. The molecule has 0 radical (unpaired) electrons. The van der Waals surface area contributed by atoms with Crippen molar-refractivity contribution >= 4 is 17.5 Å². The van der Waals surface area contributed by atoms with E-state index in [1.54, 1.807) is 0 Å². The van der Waals surface area contributed by atoms with E-state index in [0.29, 0.717) is 18.0 Å². The summed E-state index contributed by atoms with van der Waals surface area (Å²) >= 11 is 0. The van der Waals surface area contributed by atoms with Crippen LogP contribution in [0, 0.1) is 5.92 Å². The molecule has 0 saturated heterocycles. The summed E-state index contributed by atoms with van der Waals surface area (Å²) in [4.78, 5) is 2.84. The van der Waals surface area contributed by atoms with Crippen molar-refractivity contribution < 1.29 is 0 Å². The Kier molecular flexibility index (Phi) is 7.48. The monoisotopic (exact) mass is 382 g/mol. The van der Waals surface area contributed by atoms with Crippen LogP contribution >= 0.6 is 0 Å². The van der Waals surface area contributed by atoms with E-state index in [9.17, 15) is 0 Å². The molecule has 0 aromatic heterocycles. The number of allylic oxidation sites excluding steroid dienone is 1. The van der Waals surface area contributed by atoms with Crippen LogP contribution in [0.1, 0.15) is 103 Å². The van der Waals surface area contributed by atoms with Crippen molar-refractivity contribution in [2.75, 3.05) is 10.6 Å². The molecule has 0 bridgehead atoms. The molecular weight excluding hydrogens is 340 g/mol. The van der Waals surface area contributed by atoms with Crippen LogP contribution in [0.4, 0.5) is 11.4 Å². The second-order valence-corrected chi connectivity index (χ2v) is 9.92. The molecule has 156 valence electrons. The van der Waals surface area contributed by atoms with Crippen molar-refractivity contribution in [2.45, 2.75) is 110 Å². The third kappa shape index (κ3) is 5.33. The van der Waals surface area contributed by atoms with E-state index in [1.807, 2.05) is 0 Å². The van der Waals surface area contributed by atoms with Crippen LogP contribution in [0.2, 0.25) is 0 Å². The first-order valence-electron chi connectivity index (χ1n) is 11.8. The molecule has 0 spiro atoms. The van der Waals surface area contributed by atoms with Gasteiger partial charge in [0.15, 0.2) is 0 Å². The van der Waals surface area contributed by atoms with Crippen LogP contribution < -0.4 is 10.6 Å². The minimum atomic E-state index is 0.625. The highest BCUT2D eigenvalue weighted by Gasteiger charge is 2.30. The Morgan fingerprint density at radius 1 is 0.964 bits per heavy atom. The third-order valence-corrected chi connectivity index (χ3v) is 6.58. The number of hydrogen-bond donors (Lipinski definition) is 1. The molecule has 2 nitrogen and oxygen atoms in total. The van der Waals surface area contributed by atoms with Crippen LogP contribution in [0.25, 0.3) is 6.08 Å². The van der Waals surface area contributed by atoms with Crippen molar-refractivity contribution in [1.29, 1.82) is 0 Å². The Labute approximate surface area is 173 Å². The molecule has 28 heavy (non-hydrogen) atoms. The van der Waals surface area contributed by atoms with Crippen LogP contribution in [0.5, 0.6) is 0 Å². The summed E-state index contributed by atoms with van der Waals surface area (Å²) in [6.07, 6.45) is 17.2. The first-order chi connectivity index (χ1) is 13.5. The van der Waals surface area contributed by atoms with Crippen LogP contribution in [0.3, 0.4) is 0 Å². The molecule has 0 unspecified atom stereocenters. The Balaban J connectivity index is 2.05. The minimum Gasteiger partial charge on any atom is -0.398 e. The number of benzene rings is 1. The van der Waals surface area contributed by atoms with Crippen LogP contribution in [-0.4, -0.2) is 12.1 Å². The zero-order valence-corrected chi connectivity index (χ0v) is 18.8. The molecule has 0 heterocycles. The molecule has 2 saturated carbocycles. The molecule has 0 aliphatic heterocycles. The zero-order chi connectivity index (χ0) is 20.1. The Morgan fingerprint density at radius 2 is 1.50 bits per heavy atom. The number of anilines is 2.